The Hall–Kier alpha value is -3.15. The summed E-state index contributed by atoms with van der Waals surface area (Å²) < 4.78 is 27.2. The Balaban J connectivity index is 1.50. The van der Waals surface area contributed by atoms with E-state index in [1.165, 1.54) is 11.3 Å². The number of carbonyl (C=O) groups is 2. The Bertz CT molecular complexity index is 1210. The first kappa shape index (κ1) is 24.5. The van der Waals surface area contributed by atoms with Crippen LogP contribution in [0.25, 0.3) is 0 Å². The summed E-state index contributed by atoms with van der Waals surface area (Å²) in [4.78, 5) is 24.3. The second-order valence-corrected chi connectivity index (χ2v) is 10.1. The highest BCUT2D eigenvalue weighted by Crippen LogP contribution is 2.18. The second-order valence-electron chi connectivity index (χ2n) is 7.29. The Morgan fingerprint density at radius 1 is 0.970 bits per heavy atom. The monoisotopic (exact) mass is 487 g/mol. The van der Waals surface area contributed by atoms with Crippen molar-refractivity contribution in [2.75, 3.05) is 17.2 Å². The van der Waals surface area contributed by atoms with Crippen LogP contribution in [-0.2, 0) is 21.2 Å². The smallest absolute Gasteiger partial charge is 0.257 e. The molecule has 0 aliphatic heterocycles. The van der Waals surface area contributed by atoms with Crippen molar-refractivity contribution in [3.05, 3.63) is 64.7 Å². The Morgan fingerprint density at radius 3 is 2.33 bits per heavy atom. The van der Waals surface area contributed by atoms with E-state index in [2.05, 4.69) is 25.6 Å². The number of aromatic nitrogens is 2. The van der Waals surface area contributed by atoms with Gasteiger partial charge < -0.3 is 5.32 Å². The zero-order valence-corrected chi connectivity index (χ0v) is 19.9. The van der Waals surface area contributed by atoms with Crippen molar-refractivity contribution in [1.29, 1.82) is 0 Å². The molecule has 0 saturated carbocycles. The van der Waals surface area contributed by atoms with Gasteiger partial charge >= 0.3 is 0 Å². The molecular formula is C22H25N5O4S2. The minimum atomic E-state index is -3.60. The average molecular weight is 488 g/mol. The summed E-state index contributed by atoms with van der Waals surface area (Å²) in [5, 5.41) is 14.3. The standard InChI is InChI=1S/C22H25N5O4S2/c1-3-4-19(28)24-17-9-7-16(8-10-17)21(29)25-22-27-26-20(32-22)13-14-23-33(30,31)18-11-5-15(2)6-12-18/h5-12,23H,3-4,13-14H2,1-2H3,(H,24,28)(H,25,27,29). The number of sulfonamides is 1. The van der Waals surface area contributed by atoms with Crippen molar-refractivity contribution >= 4 is 44.0 Å². The molecule has 0 aliphatic carbocycles. The summed E-state index contributed by atoms with van der Waals surface area (Å²) in [5.41, 5.74) is 2.01. The van der Waals surface area contributed by atoms with Gasteiger partial charge in [0, 0.05) is 30.6 Å². The van der Waals surface area contributed by atoms with Crippen LogP contribution in [-0.4, -0.2) is 37.0 Å². The van der Waals surface area contributed by atoms with Crippen LogP contribution < -0.4 is 15.4 Å². The van der Waals surface area contributed by atoms with E-state index in [0.29, 0.717) is 34.2 Å². The van der Waals surface area contributed by atoms with Crippen molar-refractivity contribution in [1.82, 2.24) is 14.9 Å². The lowest BCUT2D eigenvalue weighted by Crippen LogP contribution is -2.25. The van der Waals surface area contributed by atoms with Gasteiger partial charge in [-0.1, -0.05) is 36.0 Å². The molecular weight excluding hydrogens is 462 g/mol. The molecule has 1 heterocycles. The summed E-state index contributed by atoms with van der Waals surface area (Å²) >= 11 is 1.18. The van der Waals surface area contributed by atoms with E-state index in [1.807, 2.05) is 13.8 Å². The average Bonchev–Trinajstić information content (AvgIpc) is 3.21. The Kier molecular flexibility index (Phi) is 8.26. The van der Waals surface area contributed by atoms with Crippen LogP contribution in [0, 0.1) is 6.92 Å². The number of carbonyl (C=O) groups excluding carboxylic acids is 2. The minimum Gasteiger partial charge on any atom is -0.326 e. The van der Waals surface area contributed by atoms with E-state index in [1.54, 1.807) is 48.5 Å². The number of nitrogens with one attached hydrogen (secondary N) is 3. The third kappa shape index (κ3) is 7.17. The molecule has 2 amide bonds. The van der Waals surface area contributed by atoms with E-state index in [0.717, 1.165) is 12.0 Å². The lowest BCUT2D eigenvalue weighted by Gasteiger charge is -2.06. The fourth-order valence-electron chi connectivity index (χ4n) is 2.82. The molecule has 0 unspecified atom stereocenters. The van der Waals surface area contributed by atoms with Gasteiger partial charge in [0.1, 0.15) is 5.01 Å². The molecule has 2 aromatic carbocycles. The SMILES string of the molecule is CCCC(=O)Nc1ccc(C(=O)Nc2nnc(CCNS(=O)(=O)c3ccc(C)cc3)s2)cc1. The third-order valence-electron chi connectivity index (χ3n) is 4.56. The van der Waals surface area contributed by atoms with Crippen molar-refractivity contribution in [3.63, 3.8) is 0 Å². The number of nitrogens with zero attached hydrogens (tertiary/aromatic N) is 2. The van der Waals surface area contributed by atoms with Gasteiger partial charge in [-0.3, -0.25) is 14.9 Å². The zero-order chi connectivity index (χ0) is 23.8. The van der Waals surface area contributed by atoms with Crippen LogP contribution >= 0.6 is 11.3 Å². The molecule has 9 nitrogen and oxygen atoms in total. The van der Waals surface area contributed by atoms with Gasteiger partial charge in [0.15, 0.2) is 0 Å². The number of rotatable bonds is 10. The zero-order valence-electron chi connectivity index (χ0n) is 18.3. The Morgan fingerprint density at radius 2 is 1.67 bits per heavy atom. The lowest BCUT2D eigenvalue weighted by molar-refractivity contribution is -0.116. The number of hydrogen-bond donors (Lipinski definition) is 3. The third-order valence-corrected chi connectivity index (χ3v) is 6.93. The van der Waals surface area contributed by atoms with Crippen LogP contribution in [0.5, 0.6) is 0 Å². The molecule has 174 valence electrons. The molecule has 0 atom stereocenters. The van der Waals surface area contributed by atoms with Crippen LogP contribution in [0.3, 0.4) is 0 Å². The summed E-state index contributed by atoms with van der Waals surface area (Å²) in [7, 11) is -3.60. The van der Waals surface area contributed by atoms with E-state index in [-0.39, 0.29) is 23.3 Å². The van der Waals surface area contributed by atoms with Crippen molar-refractivity contribution < 1.29 is 18.0 Å². The van der Waals surface area contributed by atoms with Gasteiger partial charge in [0.2, 0.25) is 21.1 Å². The first-order valence-electron chi connectivity index (χ1n) is 10.4. The highest BCUT2D eigenvalue weighted by atomic mass is 32.2. The summed E-state index contributed by atoms with van der Waals surface area (Å²) in [5.74, 6) is -0.429. The van der Waals surface area contributed by atoms with E-state index in [9.17, 15) is 18.0 Å². The van der Waals surface area contributed by atoms with Gasteiger partial charge in [-0.05, 0) is 49.7 Å². The van der Waals surface area contributed by atoms with Crippen LogP contribution in [0.2, 0.25) is 0 Å². The molecule has 0 saturated heterocycles. The maximum atomic E-state index is 12.4. The molecule has 3 rings (SSSR count). The number of hydrogen-bond acceptors (Lipinski definition) is 7. The first-order chi connectivity index (χ1) is 15.8. The van der Waals surface area contributed by atoms with E-state index < -0.39 is 10.0 Å². The molecule has 1 aromatic heterocycles. The lowest BCUT2D eigenvalue weighted by atomic mass is 10.2. The summed E-state index contributed by atoms with van der Waals surface area (Å²) in [6.07, 6.45) is 1.54. The molecule has 0 aliphatic rings. The fraction of sp³-hybridized carbons (Fsp3) is 0.273. The van der Waals surface area contributed by atoms with Crippen LogP contribution in [0.4, 0.5) is 10.8 Å². The molecule has 0 spiro atoms. The van der Waals surface area contributed by atoms with Gasteiger partial charge in [-0.25, -0.2) is 13.1 Å². The molecule has 3 N–H and O–H groups in total. The topological polar surface area (TPSA) is 130 Å². The summed E-state index contributed by atoms with van der Waals surface area (Å²) in [6.45, 7) is 3.97. The predicted octanol–water partition coefficient (Wildman–Crippen LogP) is 3.36. The Labute approximate surface area is 196 Å². The second kappa shape index (κ2) is 11.1. The van der Waals surface area contributed by atoms with Gasteiger partial charge in [0.05, 0.1) is 4.90 Å². The number of anilines is 2. The van der Waals surface area contributed by atoms with E-state index >= 15 is 0 Å². The normalized spacial score (nSPS) is 11.2. The van der Waals surface area contributed by atoms with Crippen molar-refractivity contribution in [2.24, 2.45) is 0 Å². The molecule has 0 bridgehead atoms. The first-order valence-corrected chi connectivity index (χ1v) is 12.7. The van der Waals surface area contributed by atoms with Gasteiger partial charge in [-0.15, -0.1) is 10.2 Å². The van der Waals surface area contributed by atoms with Crippen LogP contribution in [0.1, 0.15) is 40.7 Å². The number of amides is 2. The molecule has 3 aromatic rings. The highest BCUT2D eigenvalue weighted by molar-refractivity contribution is 7.89. The highest BCUT2D eigenvalue weighted by Gasteiger charge is 2.15. The molecule has 33 heavy (non-hydrogen) atoms. The number of benzene rings is 2. The van der Waals surface area contributed by atoms with Gasteiger partial charge in [-0.2, -0.15) is 0 Å². The fourth-order valence-corrected chi connectivity index (χ4v) is 4.59. The van der Waals surface area contributed by atoms with E-state index in [4.69, 9.17) is 0 Å². The van der Waals surface area contributed by atoms with Gasteiger partial charge in [0.25, 0.3) is 5.91 Å². The minimum absolute atomic E-state index is 0.0720. The molecule has 0 fully saturated rings. The molecule has 0 radical (unpaired) electrons. The van der Waals surface area contributed by atoms with Crippen LogP contribution in [0.15, 0.2) is 53.4 Å². The summed E-state index contributed by atoms with van der Waals surface area (Å²) in [6, 6.07) is 13.1. The predicted molar refractivity (Wildman–Crippen MR) is 128 cm³/mol. The van der Waals surface area contributed by atoms with Crippen molar-refractivity contribution in [2.45, 2.75) is 38.0 Å². The largest absolute Gasteiger partial charge is 0.326 e. The van der Waals surface area contributed by atoms with Crippen molar-refractivity contribution in [3.8, 4) is 0 Å². The maximum Gasteiger partial charge on any atom is 0.257 e. The number of aryl methyl sites for hydroxylation is 1. The maximum absolute atomic E-state index is 12.4. The quantitative estimate of drug-likeness (QED) is 0.402. The molecule has 11 heteroatoms.